The van der Waals surface area contributed by atoms with E-state index in [1.54, 1.807) is 0 Å². The van der Waals surface area contributed by atoms with E-state index in [2.05, 4.69) is 30.4 Å². The standard InChI is InChI=1S/C19H29NO3/c1-14-9-10-15(2)18(12-14)23-11-4-3-8-19(22)20-13-16-6-5-7-17(16)21/h9-10,12,16-17,21H,3-8,11,13H2,1-2H3,(H,20,22). The van der Waals surface area contributed by atoms with Crippen molar-refractivity contribution in [2.24, 2.45) is 5.92 Å². The summed E-state index contributed by atoms with van der Waals surface area (Å²) in [5.74, 6) is 1.26. The Bertz CT molecular complexity index is 515. The first-order valence-electron chi connectivity index (χ1n) is 8.71. The highest BCUT2D eigenvalue weighted by Crippen LogP contribution is 2.24. The van der Waals surface area contributed by atoms with Gasteiger partial charge in [-0.05, 0) is 56.7 Å². The molecule has 0 spiro atoms. The second kappa shape index (κ2) is 8.92. The van der Waals surface area contributed by atoms with Crippen LogP contribution in [0, 0.1) is 19.8 Å². The van der Waals surface area contributed by atoms with Crippen LogP contribution >= 0.6 is 0 Å². The second-order valence-electron chi connectivity index (χ2n) is 6.64. The number of nitrogens with one attached hydrogen (secondary N) is 1. The summed E-state index contributed by atoms with van der Waals surface area (Å²) in [6.45, 7) is 5.34. The van der Waals surface area contributed by atoms with E-state index < -0.39 is 0 Å². The largest absolute Gasteiger partial charge is 0.493 e. The Morgan fingerprint density at radius 1 is 1.30 bits per heavy atom. The number of benzene rings is 1. The minimum absolute atomic E-state index is 0.0795. The topological polar surface area (TPSA) is 58.6 Å². The van der Waals surface area contributed by atoms with Gasteiger partial charge in [-0.2, -0.15) is 0 Å². The predicted octanol–water partition coefficient (Wildman–Crippen LogP) is 3.13. The molecule has 1 aliphatic carbocycles. The second-order valence-corrected chi connectivity index (χ2v) is 6.64. The highest BCUT2D eigenvalue weighted by Gasteiger charge is 2.25. The molecule has 1 amide bonds. The van der Waals surface area contributed by atoms with Crippen LogP contribution in [-0.2, 0) is 4.79 Å². The van der Waals surface area contributed by atoms with Crippen molar-refractivity contribution >= 4 is 5.91 Å². The first kappa shape index (κ1) is 17.8. The molecule has 0 radical (unpaired) electrons. The summed E-state index contributed by atoms with van der Waals surface area (Å²) < 4.78 is 5.79. The molecule has 0 aromatic heterocycles. The first-order valence-corrected chi connectivity index (χ1v) is 8.71. The van der Waals surface area contributed by atoms with E-state index >= 15 is 0 Å². The Kier molecular flexibility index (Phi) is 6.90. The van der Waals surface area contributed by atoms with E-state index in [9.17, 15) is 9.90 Å². The summed E-state index contributed by atoms with van der Waals surface area (Å²) in [4.78, 5) is 11.8. The summed E-state index contributed by atoms with van der Waals surface area (Å²) in [6.07, 6.45) is 4.94. The monoisotopic (exact) mass is 319 g/mol. The maximum absolute atomic E-state index is 11.8. The molecule has 1 fully saturated rings. The third-order valence-corrected chi connectivity index (χ3v) is 4.58. The van der Waals surface area contributed by atoms with E-state index in [1.165, 1.54) is 5.56 Å². The molecule has 2 unspecified atom stereocenters. The zero-order valence-electron chi connectivity index (χ0n) is 14.3. The van der Waals surface area contributed by atoms with Gasteiger partial charge in [0.15, 0.2) is 0 Å². The number of carbonyl (C=O) groups is 1. The average Bonchev–Trinajstić information content (AvgIpc) is 2.93. The van der Waals surface area contributed by atoms with Gasteiger partial charge in [0.1, 0.15) is 5.75 Å². The van der Waals surface area contributed by atoms with Crippen LogP contribution in [0.5, 0.6) is 5.75 Å². The zero-order chi connectivity index (χ0) is 16.7. The van der Waals surface area contributed by atoms with E-state index in [0.717, 1.165) is 43.4 Å². The van der Waals surface area contributed by atoms with Gasteiger partial charge in [0.2, 0.25) is 5.91 Å². The zero-order valence-corrected chi connectivity index (χ0v) is 14.3. The number of aryl methyl sites for hydroxylation is 2. The van der Waals surface area contributed by atoms with Crippen LogP contribution in [0.15, 0.2) is 18.2 Å². The van der Waals surface area contributed by atoms with Crippen LogP contribution in [0.2, 0.25) is 0 Å². The molecule has 1 aliphatic rings. The number of amides is 1. The van der Waals surface area contributed by atoms with Gasteiger partial charge in [0.25, 0.3) is 0 Å². The number of unbranched alkanes of at least 4 members (excludes halogenated alkanes) is 1. The fourth-order valence-electron chi connectivity index (χ4n) is 3.02. The van der Waals surface area contributed by atoms with Gasteiger partial charge >= 0.3 is 0 Å². The van der Waals surface area contributed by atoms with Crippen molar-refractivity contribution in [3.63, 3.8) is 0 Å². The lowest BCUT2D eigenvalue weighted by atomic mass is 10.1. The number of ether oxygens (including phenoxy) is 1. The van der Waals surface area contributed by atoms with Gasteiger partial charge in [0.05, 0.1) is 12.7 Å². The van der Waals surface area contributed by atoms with Crippen molar-refractivity contribution in [2.75, 3.05) is 13.2 Å². The maximum Gasteiger partial charge on any atom is 0.220 e. The van der Waals surface area contributed by atoms with E-state index in [4.69, 9.17) is 4.74 Å². The van der Waals surface area contributed by atoms with E-state index in [1.807, 2.05) is 6.92 Å². The fourth-order valence-corrected chi connectivity index (χ4v) is 3.02. The number of hydrogen-bond donors (Lipinski definition) is 2. The Hall–Kier alpha value is -1.55. The van der Waals surface area contributed by atoms with Crippen molar-refractivity contribution < 1.29 is 14.6 Å². The van der Waals surface area contributed by atoms with Gasteiger partial charge in [-0.3, -0.25) is 4.79 Å². The quantitative estimate of drug-likeness (QED) is 0.724. The molecule has 0 saturated heterocycles. The molecule has 0 aliphatic heterocycles. The average molecular weight is 319 g/mol. The molecular weight excluding hydrogens is 290 g/mol. The van der Waals surface area contributed by atoms with Gasteiger partial charge in [0, 0.05) is 18.9 Å². The Morgan fingerprint density at radius 2 is 2.13 bits per heavy atom. The fraction of sp³-hybridized carbons (Fsp3) is 0.632. The highest BCUT2D eigenvalue weighted by atomic mass is 16.5. The highest BCUT2D eigenvalue weighted by molar-refractivity contribution is 5.75. The normalized spacial score (nSPS) is 20.5. The minimum Gasteiger partial charge on any atom is -0.493 e. The Labute approximate surface area is 139 Å². The van der Waals surface area contributed by atoms with Crippen molar-refractivity contribution in [2.45, 2.75) is 58.5 Å². The lowest BCUT2D eigenvalue weighted by Gasteiger charge is -2.15. The minimum atomic E-state index is -0.235. The van der Waals surface area contributed by atoms with Gasteiger partial charge in [-0.1, -0.05) is 18.6 Å². The molecule has 1 saturated carbocycles. The van der Waals surface area contributed by atoms with Crippen LogP contribution < -0.4 is 10.1 Å². The molecule has 2 atom stereocenters. The Balaban J connectivity index is 1.56. The molecule has 0 heterocycles. The van der Waals surface area contributed by atoms with E-state index in [0.29, 0.717) is 19.6 Å². The van der Waals surface area contributed by atoms with Crippen molar-refractivity contribution in [3.8, 4) is 5.75 Å². The summed E-state index contributed by atoms with van der Waals surface area (Å²) in [6, 6.07) is 6.19. The maximum atomic E-state index is 11.8. The van der Waals surface area contributed by atoms with E-state index in [-0.39, 0.29) is 17.9 Å². The number of rotatable bonds is 8. The number of aliphatic hydroxyl groups is 1. The molecule has 0 bridgehead atoms. The third-order valence-electron chi connectivity index (χ3n) is 4.58. The van der Waals surface area contributed by atoms with Crippen LogP contribution in [0.25, 0.3) is 0 Å². The summed E-state index contributed by atoms with van der Waals surface area (Å²) in [5, 5.41) is 12.7. The van der Waals surface area contributed by atoms with Crippen molar-refractivity contribution in [1.29, 1.82) is 0 Å². The van der Waals surface area contributed by atoms with Crippen LogP contribution in [0.4, 0.5) is 0 Å². The van der Waals surface area contributed by atoms with Gasteiger partial charge in [-0.25, -0.2) is 0 Å². The summed E-state index contributed by atoms with van der Waals surface area (Å²) >= 11 is 0. The number of carbonyl (C=O) groups excluding carboxylic acids is 1. The summed E-state index contributed by atoms with van der Waals surface area (Å²) in [7, 11) is 0. The Morgan fingerprint density at radius 3 is 2.87 bits per heavy atom. The smallest absolute Gasteiger partial charge is 0.220 e. The SMILES string of the molecule is Cc1ccc(C)c(OCCCCC(=O)NCC2CCCC2O)c1. The first-order chi connectivity index (χ1) is 11.1. The van der Waals surface area contributed by atoms with Crippen LogP contribution in [0.3, 0.4) is 0 Å². The van der Waals surface area contributed by atoms with Crippen molar-refractivity contribution in [3.05, 3.63) is 29.3 Å². The molecular formula is C19H29NO3. The molecule has 1 aromatic rings. The lowest BCUT2D eigenvalue weighted by Crippen LogP contribution is -2.32. The van der Waals surface area contributed by atoms with Gasteiger partial charge < -0.3 is 15.2 Å². The van der Waals surface area contributed by atoms with Crippen LogP contribution in [-0.4, -0.2) is 30.3 Å². The number of aliphatic hydroxyl groups excluding tert-OH is 1. The molecule has 2 N–H and O–H groups in total. The van der Waals surface area contributed by atoms with Gasteiger partial charge in [-0.15, -0.1) is 0 Å². The van der Waals surface area contributed by atoms with Crippen molar-refractivity contribution in [1.82, 2.24) is 5.32 Å². The molecule has 128 valence electrons. The molecule has 23 heavy (non-hydrogen) atoms. The molecule has 4 heteroatoms. The molecule has 2 rings (SSSR count). The molecule has 1 aromatic carbocycles. The van der Waals surface area contributed by atoms with Crippen LogP contribution in [0.1, 0.15) is 49.7 Å². The summed E-state index contributed by atoms with van der Waals surface area (Å²) in [5.41, 5.74) is 2.34. The predicted molar refractivity (Wildman–Crippen MR) is 91.6 cm³/mol. The number of hydrogen-bond acceptors (Lipinski definition) is 3. The molecule has 4 nitrogen and oxygen atoms in total. The lowest BCUT2D eigenvalue weighted by molar-refractivity contribution is -0.121. The third kappa shape index (κ3) is 5.87.